The van der Waals surface area contributed by atoms with Crippen LogP contribution in [0.1, 0.15) is 5.56 Å². The SMILES string of the molecule is COc1ccc(CCN2CCN(c3ccccn3)CC2)c(OC)c1.Cl.Cl. The number of aromatic nitrogens is 1. The molecule has 0 amide bonds. The van der Waals surface area contributed by atoms with Gasteiger partial charge in [-0.15, -0.1) is 24.8 Å². The first-order valence-electron chi connectivity index (χ1n) is 8.39. The summed E-state index contributed by atoms with van der Waals surface area (Å²) in [6.07, 6.45) is 2.84. The average Bonchev–Trinajstić information content (AvgIpc) is 2.67. The third-order valence-corrected chi connectivity index (χ3v) is 4.54. The number of rotatable bonds is 6. The van der Waals surface area contributed by atoms with Crippen LogP contribution in [0.3, 0.4) is 0 Å². The Kier molecular flexibility index (Phi) is 9.55. The topological polar surface area (TPSA) is 37.8 Å². The van der Waals surface area contributed by atoms with Crippen molar-refractivity contribution in [2.45, 2.75) is 6.42 Å². The van der Waals surface area contributed by atoms with E-state index in [-0.39, 0.29) is 24.8 Å². The molecule has 2 heterocycles. The first-order valence-corrected chi connectivity index (χ1v) is 8.39. The van der Waals surface area contributed by atoms with Crippen molar-refractivity contribution in [3.8, 4) is 11.5 Å². The van der Waals surface area contributed by atoms with Gasteiger partial charge >= 0.3 is 0 Å². The van der Waals surface area contributed by atoms with E-state index < -0.39 is 0 Å². The first-order chi connectivity index (χ1) is 11.8. The number of nitrogens with zero attached hydrogens (tertiary/aromatic N) is 3. The van der Waals surface area contributed by atoms with E-state index in [9.17, 15) is 0 Å². The quantitative estimate of drug-likeness (QED) is 0.744. The monoisotopic (exact) mass is 399 g/mol. The zero-order valence-electron chi connectivity index (χ0n) is 15.3. The van der Waals surface area contributed by atoms with Crippen LogP contribution in [0.2, 0.25) is 0 Å². The molecule has 1 aromatic carbocycles. The standard InChI is InChI=1S/C19H25N3O2.2ClH/c1-23-17-7-6-16(18(15-17)24-2)8-10-21-11-13-22(14-12-21)19-5-3-4-9-20-19;;/h3-7,9,15H,8,10-14H2,1-2H3;2*1H. The number of hydrogen-bond acceptors (Lipinski definition) is 5. The largest absolute Gasteiger partial charge is 0.497 e. The van der Waals surface area contributed by atoms with Gasteiger partial charge < -0.3 is 14.4 Å². The Balaban J connectivity index is 0.00000169. The highest BCUT2D eigenvalue weighted by Gasteiger charge is 2.18. The van der Waals surface area contributed by atoms with Crippen molar-refractivity contribution in [3.63, 3.8) is 0 Å². The summed E-state index contributed by atoms with van der Waals surface area (Å²) in [4.78, 5) is 9.29. The molecule has 144 valence electrons. The van der Waals surface area contributed by atoms with Gasteiger partial charge in [-0.25, -0.2) is 4.98 Å². The molecule has 0 atom stereocenters. The second-order valence-electron chi connectivity index (χ2n) is 5.94. The smallest absolute Gasteiger partial charge is 0.128 e. The molecule has 1 fully saturated rings. The molecule has 3 rings (SSSR count). The third-order valence-electron chi connectivity index (χ3n) is 4.54. The van der Waals surface area contributed by atoms with Gasteiger partial charge in [0.25, 0.3) is 0 Å². The molecule has 0 radical (unpaired) electrons. The Hall–Kier alpha value is -1.69. The molecule has 26 heavy (non-hydrogen) atoms. The molecule has 1 aromatic heterocycles. The van der Waals surface area contributed by atoms with Crippen LogP contribution < -0.4 is 14.4 Å². The lowest BCUT2D eigenvalue weighted by atomic mass is 10.1. The van der Waals surface area contributed by atoms with E-state index >= 15 is 0 Å². The van der Waals surface area contributed by atoms with Crippen molar-refractivity contribution in [2.75, 3.05) is 51.8 Å². The molecule has 0 bridgehead atoms. The summed E-state index contributed by atoms with van der Waals surface area (Å²) >= 11 is 0. The molecule has 5 nitrogen and oxygen atoms in total. The average molecular weight is 400 g/mol. The third kappa shape index (κ3) is 5.66. The second kappa shape index (κ2) is 11.1. The van der Waals surface area contributed by atoms with Crippen LogP contribution in [-0.4, -0.2) is 56.8 Å². The summed E-state index contributed by atoms with van der Waals surface area (Å²) in [5.74, 6) is 2.81. The Morgan fingerprint density at radius 3 is 2.35 bits per heavy atom. The van der Waals surface area contributed by atoms with Crippen molar-refractivity contribution < 1.29 is 9.47 Å². The Morgan fingerprint density at radius 2 is 1.73 bits per heavy atom. The lowest BCUT2D eigenvalue weighted by Gasteiger charge is -2.35. The van der Waals surface area contributed by atoms with E-state index in [0.29, 0.717) is 0 Å². The highest BCUT2D eigenvalue weighted by Crippen LogP contribution is 2.25. The van der Waals surface area contributed by atoms with Crippen LogP contribution in [0.25, 0.3) is 0 Å². The van der Waals surface area contributed by atoms with Crippen molar-refractivity contribution in [3.05, 3.63) is 48.2 Å². The fraction of sp³-hybridized carbons (Fsp3) is 0.421. The maximum Gasteiger partial charge on any atom is 0.128 e. The van der Waals surface area contributed by atoms with Crippen LogP contribution in [0, 0.1) is 0 Å². The van der Waals surface area contributed by atoms with E-state index in [1.54, 1.807) is 14.2 Å². The molecule has 0 aliphatic carbocycles. The van der Waals surface area contributed by atoms with Crippen molar-refractivity contribution in [1.82, 2.24) is 9.88 Å². The summed E-state index contributed by atoms with van der Waals surface area (Å²) < 4.78 is 10.7. The number of ether oxygens (including phenoxy) is 2. The second-order valence-corrected chi connectivity index (χ2v) is 5.94. The van der Waals surface area contributed by atoms with E-state index in [2.05, 4.69) is 26.9 Å². The molecule has 0 saturated carbocycles. The number of anilines is 1. The normalized spacial score (nSPS) is 14.2. The van der Waals surface area contributed by atoms with Crippen LogP contribution in [-0.2, 0) is 6.42 Å². The molecular formula is C19H27Cl2N3O2. The Labute approximate surface area is 168 Å². The zero-order chi connectivity index (χ0) is 16.8. The van der Waals surface area contributed by atoms with Gasteiger partial charge in [0.05, 0.1) is 14.2 Å². The fourth-order valence-electron chi connectivity index (χ4n) is 3.08. The highest BCUT2D eigenvalue weighted by atomic mass is 35.5. The lowest BCUT2D eigenvalue weighted by molar-refractivity contribution is 0.259. The van der Waals surface area contributed by atoms with Crippen molar-refractivity contribution in [2.24, 2.45) is 0 Å². The summed E-state index contributed by atoms with van der Waals surface area (Å²) in [7, 11) is 3.39. The van der Waals surface area contributed by atoms with Gasteiger partial charge in [-0.05, 0) is 30.2 Å². The maximum atomic E-state index is 5.49. The van der Waals surface area contributed by atoms with Crippen molar-refractivity contribution >= 4 is 30.6 Å². The number of pyridine rings is 1. The number of benzene rings is 1. The van der Waals surface area contributed by atoms with Gasteiger partial charge in [0, 0.05) is 45.0 Å². The molecular weight excluding hydrogens is 373 g/mol. The maximum absolute atomic E-state index is 5.49. The summed E-state index contributed by atoms with van der Waals surface area (Å²) in [5.41, 5.74) is 1.23. The molecule has 0 spiro atoms. The number of hydrogen-bond donors (Lipinski definition) is 0. The minimum Gasteiger partial charge on any atom is -0.497 e. The van der Waals surface area contributed by atoms with Crippen molar-refractivity contribution in [1.29, 1.82) is 0 Å². The van der Waals surface area contributed by atoms with Gasteiger partial charge in [0.1, 0.15) is 17.3 Å². The van der Waals surface area contributed by atoms with Crippen LogP contribution >= 0.6 is 24.8 Å². The molecule has 2 aromatic rings. The van der Waals surface area contributed by atoms with Gasteiger partial charge in [-0.3, -0.25) is 4.90 Å². The van der Waals surface area contributed by atoms with E-state index in [0.717, 1.165) is 56.5 Å². The lowest BCUT2D eigenvalue weighted by Crippen LogP contribution is -2.47. The molecule has 0 N–H and O–H groups in total. The van der Waals surface area contributed by atoms with Gasteiger partial charge in [0.2, 0.25) is 0 Å². The number of halogens is 2. The predicted molar refractivity (Wildman–Crippen MR) is 111 cm³/mol. The molecule has 7 heteroatoms. The van der Waals surface area contributed by atoms with E-state index in [1.807, 2.05) is 30.5 Å². The Morgan fingerprint density at radius 1 is 0.962 bits per heavy atom. The number of piperazine rings is 1. The number of methoxy groups -OCH3 is 2. The van der Waals surface area contributed by atoms with Crippen LogP contribution in [0.15, 0.2) is 42.6 Å². The van der Waals surface area contributed by atoms with Gasteiger partial charge in [-0.2, -0.15) is 0 Å². The van der Waals surface area contributed by atoms with E-state index in [4.69, 9.17) is 9.47 Å². The molecule has 0 unspecified atom stereocenters. The molecule has 1 aliphatic heterocycles. The summed E-state index contributed by atoms with van der Waals surface area (Å²) in [6.45, 7) is 5.22. The minimum absolute atomic E-state index is 0. The minimum atomic E-state index is 0. The first kappa shape index (κ1) is 22.4. The van der Waals surface area contributed by atoms with Crippen LogP contribution in [0.5, 0.6) is 11.5 Å². The van der Waals surface area contributed by atoms with E-state index in [1.165, 1.54) is 5.56 Å². The molecule has 1 aliphatic rings. The predicted octanol–water partition coefficient (Wildman–Crippen LogP) is 3.31. The fourth-order valence-corrected chi connectivity index (χ4v) is 3.08. The van der Waals surface area contributed by atoms with Gasteiger partial charge in [-0.1, -0.05) is 12.1 Å². The summed E-state index contributed by atoms with van der Waals surface area (Å²) in [5, 5.41) is 0. The molecule has 1 saturated heterocycles. The highest BCUT2D eigenvalue weighted by molar-refractivity contribution is 5.85. The zero-order valence-corrected chi connectivity index (χ0v) is 16.9. The summed E-state index contributed by atoms with van der Waals surface area (Å²) in [6, 6.07) is 12.1. The van der Waals surface area contributed by atoms with Gasteiger partial charge in [0.15, 0.2) is 0 Å². The van der Waals surface area contributed by atoms with Crippen LogP contribution in [0.4, 0.5) is 5.82 Å². The Bertz CT molecular complexity index is 650.